The monoisotopic (exact) mass is 494 g/mol. The van der Waals surface area contributed by atoms with Crippen LogP contribution in [0.3, 0.4) is 0 Å². The largest absolute Gasteiger partial charge is 0.463 e. The van der Waals surface area contributed by atoms with Crippen LogP contribution in [-0.4, -0.2) is 80.2 Å². The van der Waals surface area contributed by atoms with Gasteiger partial charge in [0.05, 0.1) is 51.5 Å². The number of carbonyl (C=O) groups excluding carboxylic acids is 3. The molecule has 0 heterocycles. The predicted octanol–water partition coefficient (Wildman–Crippen LogP) is 2.23. The molecule has 3 aliphatic carbocycles. The molecule has 0 spiro atoms. The summed E-state index contributed by atoms with van der Waals surface area (Å²) < 4.78 is 20.0. The van der Waals surface area contributed by atoms with E-state index in [0.29, 0.717) is 26.4 Å². The molecule has 33 heavy (non-hydrogen) atoms. The summed E-state index contributed by atoms with van der Waals surface area (Å²) in [5.41, 5.74) is 0. The zero-order valence-corrected chi connectivity index (χ0v) is 20.1. The lowest BCUT2D eigenvalue weighted by Gasteiger charge is -2.23. The van der Waals surface area contributed by atoms with E-state index in [1.165, 1.54) is 6.42 Å². The lowest BCUT2D eigenvalue weighted by molar-refractivity contribution is -0.154. The summed E-state index contributed by atoms with van der Waals surface area (Å²) in [6.07, 6.45) is 9.29. The number of halogens is 1. The van der Waals surface area contributed by atoms with Crippen molar-refractivity contribution in [1.29, 1.82) is 0 Å². The van der Waals surface area contributed by atoms with Crippen molar-refractivity contribution in [1.82, 2.24) is 0 Å². The highest BCUT2D eigenvalue weighted by atomic mass is 35.5. The molecule has 0 aromatic heterocycles. The first kappa shape index (κ1) is 29.8. The molecule has 3 rings (SSSR count). The van der Waals surface area contributed by atoms with E-state index in [1.54, 1.807) is 0 Å². The summed E-state index contributed by atoms with van der Waals surface area (Å²) in [6, 6.07) is 0. The van der Waals surface area contributed by atoms with Crippen LogP contribution in [0.15, 0.2) is 0 Å². The fraction of sp³-hybridized carbons (Fsp3) is 0.870. The molecule has 0 aromatic carbocycles. The standard InChI is InChI=1S/C14H22O5.C5H7ClO.C4H10O3/c15-13(11-3-1-4-11)18-9-7-17-8-10-19-14(16)12-5-2-6-12;6-5(7)4-2-1-3-4;5-1-3-7-4-2-6/h11-12H,1-10H2;4H,1-3H2;5-6H,1-4H2. The molecular formula is C23H39ClO9. The van der Waals surface area contributed by atoms with Crippen LogP contribution in [0.2, 0.25) is 0 Å². The molecule has 3 saturated carbocycles. The molecule has 9 nitrogen and oxygen atoms in total. The third kappa shape index (κ3) is 13.9. The van der Waals surface area contributed by atoms with Crippen molar-refractivity contribution < 1.29 is 43.5 Å². The third-order valence-corrected chi connectivity index (χ3v) is 6.03. The molecule has 0 radical (unpaired) electrons. The molecule has 0 aromatic rings. The fourth-order valence-corrected chi connectivity index (χ4v) is 3.11. The summed E-state index contributed by atoms with van der Waals surface area (Å²) in [6.45, 7) is 1.98. The van der Waals surface area contributed by atoms with Crippen LogP contribution < -0.4 is 0 Å². The van der Waals surface area contributed by atoms with Gasteiger partial charge in [0.1, 0.15) is 13.2 Å². The first-order valence-electron chi connectivity index (χ1n) is 11.9. The summed E-state index contributed by atoms with van der Waals surface area (Å²) in [4.78, 5) is 32.9. The summed E-state index contributed by atoms with van der Waals surface area (Å²) in [5, 5.41) is 16.0. The average molecular weight is 495 g/mol. The van der Waals surface area contributed by atoms with E-state index >= 15 is 0 Å². The summed E-state index contributed by atoms with van der Waals surface area (Å²) >= 11 is 5.14. The third-order valence-electron chi connectivity index (χ3n) is 5.72. The van der Waals surface area contributed by atoms with Gasteiger partial charge in [0.2, 0.25) is 5.24 Å². The highest BCUT2D eigenvalue weighted by Gasteiger charge is 2.27. The van der Waals surface area contributed by atoms with Gasteiger partial charge in [-0.1, -0.05) is 19.3 Å². The second-order valence-electron chi connectivity index (χ2n) is 8.19. The van der Waals surface area contributed by atoms with Gasteiger partial charge in [-0.25, -0.2) is 0 Å². The molecule has 0 saturated heterocycles. The Morgan fingerprint density at radius 2 is 0.970 bits per heavy atom. The first-order valence-corrected chi connectivity index (χ1v) is 12.3. The minimum absolute atomic E-state index is 0.0278. The van der Waals surface area contributed by atoms with Crippen LogP contribution in [0.25, 0.3) is 0 Å². The maximum Gasteiger partial charge on any atom is 0.309 e. The molecule has 3 fully saturated rings. The van der Waals surface area contributed by atoms with Gasteiger partial charge in [-0.15, -0.1) is 0 Å². The van der Waals surface area contributed by atoms with Gasteiger partial charge in [0.25, 0.3) is 0 Å². The van der Waals surface area contributed by atoms with E-state index in [9.17, 15) is 14.4 Å². The molecule has 192 valence electrons. The molecule has 10 heteroatoms. The maximum atomic E-state index is 11.4. The Kier molecular flexibility index (Phi) is 17.2. The van der Waals surface area contributed by atoms with Gasteiger partial charge in [0.15, 0.2) is 0 Å². The van der Waals surface area contributed by atoms with E-state index in [1.807, 2.05) is 0 Å². The average Bonchev–Trinajstić information content (AvgIpc) is 2.64. The number of ether oxygens (including phenoxy) is 4. The van der Waals surface area contributed by atoms with Crippen molar-refractivity contribution in [3.05, 3.63) is 0 Å². The zero-order valence-electron chi connectivity index (χ0n) is 19.4. The summed E-state index contributed by atoms with van der Waals surface area (Å²) in [7, 11) is 0. The van der Waals surface area contributed by atoms with Crippen molar-refractivity contribution in [2.75, 3.05) is 52.9 Å². The molecular weight excluding hydrogens is 456 g/mol. The second-order valence-corrected chi connectivity index (χ2v) is 8.57. The Morgan fingerprint density at radius 1 is 0.606 bits per heavy atom. The fourth-order valence-electron chi connectivity index (χ4n) is 2.89. The normalized spacial score (nSPS) is 17.7. The van der Waals surface area contributed by atoms with E-state index in [2.05, 4.69) is 4.74 Å². The Labute approximate surface area is 201 Å². The van der Waals surface area contributed by atoms with Crippen molar-refractivity contribution >= 4 is 28.8 Å². The Bertz CT molecular complexity index is 512. The minimum Gasteiger partial charge on any atom is -0.463 e. The van der Waals surface area contributed by atoms with Crippen molar-refractivity contribution in [3.63, 3.8) is 0 Å². The Hall–Kier alpha value is -1.26. The summed E-state index contributed by atoms with van der Waals surface area (Å²) in [5.74, 6) is 0.228. The number of esters is 2. The number of hydrogen-bond donors (Lipinski definition) is 2. The lowest BCUT2D eigenvalue weighted by atomic mass is 9.86. The first-order chi connectivity index (χ1) is 16.0. The quantitative estimate of drug-likeness (QED) is 0.225. The molecule has 3 aliphatic rings. The second kappa shape index (κ2) is 19.1. The lowest BCUT2D eigenvalue weighted by Crippen LogP contribution is -2.26. The predicted molar refractivity (Wildman–Crippen MR) is 121 cm³/mol. The maximum absolute atomic E-state index is 11.4. The van der Waals surface area contributed by atoms with Crippen LogP contribution in [0, 0.1) is 17.8 Å². The molecule has 0 atom stereocenters. The van der Waals surface area contributed by atoms with Crippen LogP contribution in [0.4, 0.5) is 0 Å². The number of aliphatic hydroxyl groups excluding tert-OH is 2. The van der Waals surface area contributed by atoms with E-state index in [4.69, 9.17) is 36.0 Å². The molecule has 0 bridgehead atoms. The number of aliphatic hydroxyl groups is 2. The van der Waals surface area contributed by atoms with Gasteiger partial charge in [-0.2, -0.15) is 0 Å². The topological polar surface area (TPSA) is 129 Å². The van der Waals surface area contributed by atoms with Gasteiger partial charge in [0, 0.05) is 5.92 Å². The van der Waals surface area contributed by atoms with E-state index < -0.39 is 0 Å². The smallest absolute Gasteiger partial charge is 0.309 e. The van der Waals surface area contributed by atoms with E-state index in [0.717, 1.165) is 51.4 Å². The number of carbonyl (C=O) groups is 3. The van der Waals surface area contributed by atoms with Crippen molar-refractivity contribution in [2.45, 2.75) is 57.8 Å². The van der Waals surface area contributed by atoms with Crippen LogP contribution in [0.5, 0.6) is 0 Å². The number of hydrogen-bond acceptors (Lipinski definition) is 9. The highest BCUT2D eigenvalue weighted by Crippen LogP contribution is 2.28. The van der Waals surface area contributed by atoms with Crippen molar-refractivity contribution in [2.24, 2.45) is 17.8 Å². The zero-order chi connectivity index (χ0) is 24.3. The van der Waals surface area contributed by atoms with Crippen molar-refractivity contribution in [3.8, 4) is 0 Å². The van der Waals surface area contributed by atoms with Gasteiger partial charge < -0.3 is 29.2 Å². The van der Waals surface area contributed by atoms with E-state index in [-0.39, 0.29) is 61.4 Å². The SMILES string of the molecule is O=C(Cl)C1CCC1.O=C(OCCOCCOC(=O)C1CCC1)C1CCC1.OCCOCCO. The van der Waals surface area contributed by atoms with Gasteiger partial charge >= 0.3 is 11.9 Å². The molecule has 2 N–H and O–H groups in total. The van der Waals surface area contributed by atoms with Gasteiger partial charge in [-0.3, -0.25) is 14.4 Å². The molecule has 0 unspecified atom stereocenters. The Balaban J connectivity index is 0.000000318. The van der Waals surface area contributed by atoms with Crippen LogP contribution in [-0.2, 0) is 33.3 Å². The van der Waals surface area contributed by atoms with Crippen LogP contribution in [0.1, 0.15) is 57.8 Å². The van der Waals surface area contributed by atoms with Crippen LogP contribution >= 0.6 is 11.6 Å². The Morgan fingerprint density at radius 3 is 1.21 bits per heavy atom. The molecule has 0 amide bonds. The number of rotatable bonds is 13. The molecule has 0 aliphatic heterocycles. The van der Waals surface area contributed by atoms with Gasteiger partial charge in [-0.05, 0) is 50.1 Å². The highest BCUT2D eigenvalue weighted by molar-refractivity contribution is 6.64. The minimum atomic E-state index is -0.147.